The summed E-state index contributed by atoms with van der Waals surface area (Å²) >= 11 is 3.36. The number of benzene rings is 2. The van der Waals surface area contributed by atoms with Crippen LogP contribution in [0.5, 0.6) is 5.75 Å². The Morgan fingerprint density at radius 2 is 1.64 bits per heavy atom. The van der Waals surface area contributed by atoms with E-state index in [-0.39, 0.29) is 11.7 Å². The number of rotatable bonds is 4. The minimum atomic E-state index is -0.933. The number of Topliss-reactive ketones (excluding diaryl/α,β-unsaturated/α-hetero) is 1. The molecule has 166 valence electrons. The number of amides is 2. The van der Waals surface area contributed by atoms with Gasteiger partial charge in [0, 0.05) is 23.2 Å². The number of esters is 1. The van der Waals surface area contributed by atoms with Gasteiger partial charge in [0.25, 0.3) is 0 Å². The molecule has 9 heteroatoms. The lowest BCUT2D eigenvalue weighted by molar-refractivity contribution is -0.132. The SMILES string of the molecule is CC(=O)Oc1ccc(C(=O)[C@@H]2[C@@H]3C(=O)N(c4ccc(Br)cc4)C(=O)[C@@H]3[C@@H]3C=CC=NN23)cc1. The van der Waals surface area contributed by atoms with Gasteiger partial charge >= 0.3 is 5.97 Å². The van der Waals surface area contributed by atoms with Crippen LogP contribution >= 0.6 is 15.9 Å². The van der Waals surface area contributed by atoms with Crippen molar-refractivity contribution in [1.29, 1.82) is 0 Å². The summed E-state index contributed by atoms with van der Waals surface area (Å²) in [6.07, 6.45) is 5.07. The highest BCUT2D eigenvalue weighted by Crippen LogP contribution is 2.46. The second kappa shape index (κ2) is 8.08. The van der Waals surface area contributed by atoms with Gasteiger partial charge in [-0.1, -0.05) is 22.0 Å². The molecule has 2 saturated heterocycles. The molecule has 0 radical (unpaired) electrons. The van der Waals surface area contributed by atoms with E-state index in [4.69, 9.17) is 4.74 Å². The van der Waals surface area contributed by atoms with Crippen LogP contribution in [0.3, 0.4) is 0 Å². The van der Waals surface area contributed by atoms with Crippen LogP contribution < -0.4 is 9.64 Å². The van der Waals surface area contributed by atoms with Crippen LogP contribution in [0.4, 0.5) is 5.69 Å². The molecule has 0 aromatic heterocycles. The maximum absolute atomic E-state index is 13.6. The highest BCUT2D eigenvalue weighted by Gasteiger charge is 2.64. The molecule has 3 aliphatic rings. The summed E-state index contributed by atoms with van der Waals surface area (Å²) in [5.74, 6) is -2.82. The zero-order valence-electron chi connectivity index (χ0n) is 17.4. The molecular weight excluding hydrogens is 490 g/mol. The first-order chi connectivity index (χ1) is 15.9. The normalized spacial score (nSPS) is 25.3. The van der Waals surface area contributed by atoms with Crippen molar-refractivity contribution < 1.29 is 23.9 Å². The average molecular weight is 508 g/mol. The Morgan fingerprint density at radius 3 is 2.30 bits per heavy atom. The Bertz CT molecular complexity index is 1220. The molecular formula is C24H18BrN3O5. The molecule has 3 heterocycles. The fourth-order valence-corrected chi connectivity index (χ4v) is 4.97. The highest BCUT2D eigenvalue weighted by molar-refractivity contribution is 9.10. The summed E-state index contributed by atoms with van der Waals surface area (Å²) in [6.45, 7) is 1.29. The maximum Gasteiger partial charge on any atom is 0.308 e. The third-order valence-electron chi connectivity index (χ3n) is 6.04. The highest BCUT2D eigenvalue weighted by atomic mass is 79.9. The number of allylic oxidation sites excluding steroid dienone is 1. The van der Waals surface area contributed by atoms with Crippen molar-refractivity contribution in [3.05, 3.63) is 70.7 Å². The summed E-state index contributed by atoms with van der Waals surface area (Å²) in [4.78, 5) is 52.9. The molecule has 0 aliphatic carbocycles. The molecule has 0 bridgehead atoms. The number of ether oxygens (including phenoxy) is 1. The summed E-state index contributed by atoms with van der Waals surface area (Å²) in [5.41, 5.74) is 0.803. The maximum atomic E-state index is 13.6. The number of ketones is 1. The number of hydrogen-bond acceptors (Lipinski definition) is 7. The summed E-state index contributed by atoms with van der Waals surface area (Å²) in [5, 5.41) is 5.90. The molecule has 33 heavy (non-hydrogen) atoms. The van der Waals surface area contributed by atoms with Crippen LogP contribution in [0.15, 0.2) is 70.3 Å². The Kier molecular flexibility index (Phi) is 5.20. The number of halogens is 1. The van der Waals surface area contributed by atoms with Crippen molar-refractivity contribution in [3.8, 4) is 5.75 Å². The van der Waals surface area contributed by atoms with Crippen LogP contribution in [0.25, 0.3) is 0 Å². The van der Waals surface area contributed by atoms with Crippen LogP contribution in [0.2, 0.25) is 0 Å². The molecule has 0 spiro atoms. The van der Waals surface area contributed by atoms with Gasteiger partial charge in [0.2, 0.25) is 11.8 Å². The van der Waals surface area contributed by atoms with Gasteiger partial charge in [0.1, 0.15) is 11.8 Å². The quantitative estimate of drug-likeness (QED) is 0.273. The van der Waals surface area contributed by atoms with Crippen molar-refractivity contribution in [2.75, 3.05) is 4.90 Å². The van der Waals surface area contributed by atoms with E-state index >= 15 is 0 Å². The van der Waals surface area contributed by atoms with E-state index in [9.17, 15) is 19.2 Å². The van der Waals surface area contributed by atoms with E-state index in [2.05, 4.69) is 21.0 Å². The fourth-order valence-electron chi connectivity index (χ4n) is 4.71. The molecule has 2 amide bonds. The Labute approximate surface area is 197 Å². The third kappa shape index (κ3) is 3.48. The van der Waals surface area contributed by atoms with Gasteiger partial charge < -0.3 is 4.74 Å². The van der Waals surface area contributed by atoms with Crippen molar-refractivity contribution in [2.24, 2.45) is 16.9 Å². The zero-order valence-corrected chi connectivity index (χ0v) is 19.0. The second-order valence-electron chi connectivity index (χ2n) is 7.99. The first-order valence-corrected chi connectivity index (χ1v) is 11.1. The van der Waals surface area contributed by atoms with Crippen LogP contribution in [-0.4, -0.2) is 46.9 Å². The topological polar surface area (TPSA) is 96.3 Å². The lowest BCUT2D eigenvalue weighted by Gasteiger charge is -2.30. The van der Waals surface area contributed by atoms with Crippen LogP contribution in [0.1, 0.15) is 17.3 Å². The Morgan fingerprint density at radius 1 is 0.970 bits per heavy atom. The minimum absolute atomic E-state index is 0.314. The number of nitrogens with zero attached hydrogens (tertiary/aromatic N) is 3. The predicted molar refractivity (Wildman–Crippen MR) is 123 cm³/mol. The number of carbonyl (C=O) groups is 4. The van der Waals surface area contributed by atoms with Crippen molar-refractivity contribution >= 4 is 51.4 Å². The van der Waals surface area contributed by atoms with E-state index in [0.29, 0.717) is 17.0 Å². The number of carbonyl (C=O) groups excluding carboxylic acids is 4. The molecule has 5 rings (SSSR count). The predicted octanol–water partition coefficient (Wildman–Crippen LogP) is 2.97. The summed E-state index contributed by atoms with van der Waals surface area (Å²) in [6, 6.07) is 11.6. The zero-order chi connectivity index (χ0) is 23.3. The van der Waals surface area contributed by atoms with E-state index in [0.717, 1.165) is 4.47 Å². The third-order valence-corrected chi connectivity index (χ3v) is 6.57. The minimum Gasteiger partial charge on any atom is -0.427 e. The number of anilines is 1. The van der Waals surface area contributed by atoms with E-state index in [1.807, 2.05) is 0 Å². The monoisotopic (exact) mass is 507 g/mol. The lowest BCUT2D eigenvalue weighted by Crippen LogP contribution is -2.46. The Balaban J connectivity index is 1.51. The van der Waals surface area contributed by atoms with Crippen molar-refractivity contribution in [3.63, 3.8) is 0 Å². The molecule has 8 nitrogen and oxygen atoms in total. The summed E-state index contributed by atoms with van der Waals surface area (Å²) < 4.78 is 5.86. The number of hydrogen-bond donors (Lipinski definition) is 0. The molecule has 3 aliphatic heterocycles. The van der Waals surface area contributed by atoms with Gasteiger partial charge in [-0.2, -0.15) is 5.10 Å². The van der Waals surface area contributed by atoms with Gasteiger partial charge in [-0.05, 0) is 54.6 Å². The molecule has 2 aromatic carbocycles. The van der Waals surface area contributed by atoms with E-state index < -0.39 is 35.8 Å². The number of hydrazone groups is 1. The van der Waals surface area contributed by atoms with Crippen LogP contribution in [0, 0.1) is 11.8 Å². The average Bonchev–Trinajstić information content (AvgIpc) is 3.27. The smallest absolute Gasteiger partial charge is 0.308 e. The molecule has 2 aromatic rings. The molecule has 4 atom stereocenters. The van der Waals surface area contributed by atoms with Crippen molar-refractivity contribution in [2.45, 2.75) is 19.0 Å². The largest absolute Gasteiger partial charge is 0.427 e. The first-order valence-electron chi connectivity index (χ1n) is 10.3. The van der Waals surface area contributed by atoms with Crippen LogP contribution in [-0.2, 0) is 14.4 Å². The van der Waals surface area contributed by atoms with Gasteiger partial charge in [-0.15, -0.1) is 0 Å². The fraction of sp³-hybridized carbons (Fsp3) is 0.208. The number of imide groups is 1. The lowest BCUT2D eigenvalue weighted by atomic mass is 9.86. The number of fused-ring (bicyclic) bond motifs is 3. The van der Waals surface area contributed by atoms with E-state index in [1.54, 1.807) is 59.8 Å². The van der Waals surface area contributed by atoms with Gasteiger partial charge in [0.15, 0.2) is 5.78 Å². The van der Waals surface area contributed by atoms with E-state index in [1.165, 1.54) is 24.0 Å². The molecule has 0 N–H and O–H groups in total. The summed E-state index contributed by atoms with van der Waals surface area (Å²) in [7, 11) is 0. The Hall–Kier alpha value is -3.59. The first kappa shape index (κ1) is 21.3. The van der Waals surface area contributed by atoms with Crippen molar-refractivity contribution in [1.82, 2.24) is 5.01 Å². The molecule has 0 unspecified atom stereocenters. The van der Waals surface area contributed by atoms with Gasteiger partial charge in [-0.3, -0.25) is 24.2 Å². The van der Waals surface area contributed by atoms with Gasteiger partial charge in [-0.25, -0.2) is 4.90 Å². The molecule has 2 fully saturated rings. The standard InChI is InChI=1S/C24H18BrN3O5/c1-13(29)33-17-10-4-14(5-11-17)22(30)21-20-19(18-3-2-12-26-28(18)21)23(31)27(24(20)32)16-8-6-15(25)7-9-16/h2-12,18-21H,1H3/t18-,19+,20+,21-/m0/s1. The van der Waals surface area contributed by atoms with Gasteiger partial charge in [0.05, 0.1) is 23.6 Å². The second-order valence-corrected chi connectivity index (χ2v) is 8.90. The molecule has 0 saturated carbocycles.